The van der Waals surface area contributed by atoms with Crippen LogP contribution in [-0.2, 0) is 9.59 Å². The summed E-state index contributed by atoms with van der Waals surface area (Å²) in [7, 11) is 0. The predicted octanol–water partition coefficient (Wildman–Crippen LogP) is 2.77. The molecule has 112 valence electrons. The molecular weight excluding hydrogens is 334 g/mol. The van der Waals surface area contributed by atoms with E-state index in [1.807, 2.05) is 0 Å². The SMILES string of the molecule is CCC(CC)(CNC(=O)C(F)(F)C(F)F)C(=O)CBr. The molecule has 1 N–H and O–H groups in total. The van der Waals surface area contributed by atoms with Gasteiger partial charge in [0.1, 0.15) is 0 Å². The first kappa shape index (κ1) is 18.3. The predicted molar refractivity (Wildman–Crippen MR) is 65.8 cm³/mol. The third-order valence-corrected chi connectivity index (χ3v) is 3.74. The van der Waals surface area contributed by atoms with Crippen molar-refractivity contribution in [3.63, 3.8) is 0 Å². The third kappa shape index (κ3) is 4.15. The molecular formula is C11H16BrF4NO2. The summed E-state index contributed by atoms with van der Waals surface area (Å²) in [6.45, 7) is 2.95. The van der Waals surface area contributed by atoms with Gasteiger partial charge in [0.15, 0.2) is 5.78 Å². The van der Waals surface area contributed by atoms with Crippen LogP contribution >= 0.6 is 15.9 Å². The standard InChI is InChI=1S/C11H16BrF4NO2/c1-3-10(4-2,7(18)5-12)6-17-9(19)11(15,16)8(13)14/h8H,3-6H2,1-2H3,(H,17,19). The van der Waals surface area contributed by atoms with Crippen LogP contribution in [0.1, 0.15) is 26.7 Å². The van der Waals surface area contributed by atoms with E-state index in [2.05, 4.69) is 15.9 Å². The average Bonchev–Trinajstić information content (AvgIpc) is 2.39. The highest BCUT2D eigenvalue weighted by Crippen LogP contribution is 2.29. The minimum atomic E-state index is -4.75. The summed E-state index contributed by atoms with van der Waals surface area (Å²) in [5, 5.41) is 1.76. The zero-order chi connectivity index (χ0) is 15.3. The van der Waals surface area contributed by atoms with Crippen molar-refractivity contribution in [2.24, 2.45) is 5.41 Å². The van der Waals surface area contributed by atoms with Gasteiger partial charge in [-0.1, -0.05) is 29.8 Å². The molecule has 0 aliphatic carbocycles. The molecule has 0 saturated carbocycles. The first-order valence-electron chi connectivity index (χ1n) is 5.71. The number of alkyl halides is 5. The van der Waals surface area contributed by atoms with Gasteiger partial charge in [0, 0.05) is 12.0 Å². The number of carbonyl (C=O) groups excluding carboxylic acids is 2. The Kier molecular flexibility index (Phi) is 6.96. The maximum atomic E-state index is 12.7. The number of Topliss-reactive ketones (excluding diaryl/α,β-unsaturated/α-hetero) is 1. The smallest absolute Gasteiger partial charge is 0.350 e. The van der Waals surface area contributed by atoms with Gasteiger partial charge >= 0.3 is 12.3 Å². The van der Waals surface area contributed by atoms with Crippen molar-refractivity contribution >= 4 is 27.6 Å². The van der Waals surface area contributed by atoms with Crippen molar-refractivity contribution in [1.82, 2.24) is 5.32 Å². The maximum absolute atomic E-state index is 12.7. The van der Waals surface area contributed by atoms with Gasteiger partial charge in [-0.25, -0.2) is 8.78 Å². The van der Waals surface area contributed by atoms with Crippen LogP contribution in [0.15, 0.2) is 0 Å². The van der Waals surface area contributed by atoms with Crippen LogP contribution in [-0.4, -0.2) is 35.9 Å². The van der Waals surface area contributed by atoms with Crippen LogP contribution in [0.25, 0.3) is 0 Å². The van der Waals surface area contributed by atoms with E-state index >= 15 is 0 Å². The Morgan fingerprint density at radius 2 is 1.68 bits per heavy atom. The van der Waals surface area contributed by atoms with Crippen LogP contribution in [0.4, 0.5) is 17.6 Å². The van der Waals surface area contributed by atoms with Crippen molar-refractivity contribution in [1.29, 1.82) is 0 Å². The summed E-state index contributed by atoms with van der Waals surface area (Å²) in [6, 6.07) is 0. The van der Waals surface area contributed by atoms with Gasteiger partial charge in [-0.2, -0.15) is 8.78 Å². The molecule has 0 spiro atoms. The Labute approximate surface area is 117 Å². The molecule has 0 radical (unpaired) electrons. The van der Waals surface area contributed by atoms with E-state index in [9.17, 15) is 27.2 Å². The number of carbonyl (C=O) groups is 2. The van der Waals surface area contributed by atoms with Gasteiger partial charge in [-0.3, -0.25) is 9.59 Å². The first-order chi connectivity index (χ1) is 8.67. The number of hydrogen-bond acceptors (Lipinski definition) is 2. The highest BCUT2D eigenvalue weighted by Gasteiger charge is 2.49. The monoisotopic (exact) mass is 349 g/mol. The molecule has 0 aromatic heterocycles. The summed E-state index contributed by atoms with van der Waals surface area (Å²) in [4.78, 5) is 22.8. The maximum Gasteiger partial charge on any atom is 0.383 e. The van der Waals surface area contributed by atoms with E-state index in [0.29, 0.717) is 12.8 Å². The number of hydrogen-bond donors (Lipinski definition) is 1. The highest BCUT2D eigenvalue weighted by molar-refractivity contribution is 9.09. The summed E-state index contributed by atoms with van der Waals surface area (Å²) >= 11 is 2.97. The normalized spacial score (nSPS) is 12.6. The van der Waals surface area contributed by atoms with Crippen molar-refractivity contribution in [2.75, 3.05) is 11.9 Å². The van der Waals surface area contributed by atoms with Crippen molar-refractivity contribution < 1.29 is 27.2 Å². The van der Waals surface area contributed by atoms with E-state index < -0.39 is 23.7 Å². The largest absolute Gasteiger partial charge is 0.383 e. The van der Waals surface area contributed by atoms with Gasteiger partial charge < -0.3 is 5.32 Å². The molecule has 0 aliphatic heterocycles. The number of ketones is 1. The lowest BCUT2D eigenvalue weighted by Gasteiger charge is -2.30. The Morgan fingerprint density at radius 1 is 1.21 bits per heavy atom. The number of halogens is 5. The molecule has 3 nitrogen and oxygen atoms in total. The highest BCUT2D eigenvalue weighted by atomic mass is 79.9. The molecule has 19 heavy (non-hydrogen) atoms. The van der Waals surface area contributed by atoms with Crippen molar-refractivity contribution in [3.8, 4) is 0 Å². The van der Waals surface area contributed by atoms with Crippen LogP contribution in [0.2, 0.25) is 0 Å². The first-order valence-corrected chi connectivity index (χ1v) is 6.83. The minimum Gasteiger partial charge on any atom is -0.350 e. The molecule has 0 saturated heterocycles. The van der Waals surface area contributed by atoms with Gasteiger partial charge in [-0.05, 0) is 12.8 Å². The fourth-order valence-electron chi connectivity index (χ4n) is 1.60. The fourth-order valence-corrected chi connectivity index (χ4v) is 2.20. The molecule has 0 atom stereocenters. The molecule has 8 heteroatoms. The van der Waals surface area contributed by atoms with Crippen LogP contribution < -0.4 is 5.32 Å². The Balaban J connectivity index is 4.84. The van der Waals surface area contributed by atoms with E-state index in [1.165, 1.54) is 0 Å². The van der Waals surface area contributed by atoms with Crippen molar-refractivity contribution in [2.45, 2.75) is 39.0 Å². The Hall–Kier alpha value is -0.660. The third-order valence-electron chi connectivity index (χ3n) is 3.23. The zero-order valence-electron chi connectivity index (χ0n) is 10.6. The van der Waals surface area contributed by atoms with Gasteiger partial charge in [-0.15, -0.1) is 0 Å². The number of rotatable bonds is 8. The molecule has 0 aromatic carbocycles. The topological polar surface area (TPSA) is 46.2 Å². The van der Waals surface area contributed by atoms with E-state index in [1.54, 1.807) is 19.2 Å². The minimum absolute atomic E-state index is 0.00971. The molecule has 0 unspecified atom stereocenters. The summed E-state index contributed by atoms with van der Waals surface area (Å²) in [5.41, 5.74) is -1.02. The second kappa shape index (κ2) is 7.21. The van der Waals surface area contributed by atoms with Gasteiger partial charge in [0.05, 0.1) is 5.33 Å². The lowest BCUT2D eigenvalue weighted by Crippen LogP contribution is -2.50. The lowest BCUT2D eigenvalue weighted by molar-refractivity contribution is -0.170. The average molecular weight is 350 g/mol. The molecule has 0 bridgehead atoms. The van der Waals surface area contributed by atoms with Crippen molar-refractivity contribution in [3.05, 3.63) is 0 Å². The van der Waals surface area contributed by atoms with E-state index in [0.717, 1.165) is 0 Å². The summed E-state index contributed by atoms with van der Waals surface area (Å²) in [5.74, 6) is -7.07. The second-order valence-corrected chi connectivity index (χ2v) is 4.71. The quantitative estimate of drug-likeness (QED) is 0.541. The Morgan fingerprint density at radius 3 is 2.00 bits per heavy atom. The summed E-state index contributed by atoms with van der Waals surface area (Å²) < 4.78 is 49.5. The van der Waals surface area contributed by atoms with Gasteiger partial charge in [0.2, 0.25) is 0 Å². The molecule has 0 heterocycles. The van der Waals surface area contributed by atoms with E-state index in [-0.39, 0.29) is 17.7 Å². The molecule has 0 rings (SSSR count). The van der Waals surface area contributed by atoms with E-state index in [4.69, 9.17) is 0 Å². The molecule has 0 aliphatic rings. The number of nitrogens with one attached hydrogen (secondary N) is 1. The van der Waals surface area contributed by atoms with Crippen LogP contribution in [0.5, 0.6) is 0 Å². The molecule has 1 amide bonds. The lowest BCUT2D eigenvalue weighted by atomic mass is 9.78. The van der Waals surface area contributed by atoms with Crippen LogP contribution in [0, 0.1) is 5.41 Å². The van der Waals surface area contributed by atoms with Gasteiger partial charge in [0.25, 0.3) is 5.91 Å². The van der Waals surface area contributed by atoms with Crippen LogP contribution in [0.3, 0.4) is 0 Å². The Bertz CT molecular complexity index is 333. The zero-order valence-corrected chi connectivity index (χ0v) is 12.2. The summed E-state index contributed by atoms with van der Waals surface area (Å²) in [6.07, 6.45) is -3.44. The molecule has 0 fully saturated rings. The second-order valence-electron chi connectivity index (χ2n) is 4.15. The fraction of sp³-hybridized carbons (Fsp3) is 0.818. The number of amides is 1. The molecule has 0 aromatic rings.